The Labute approximate surface area is 129 Å². The van der Waals surface area contributed by atoms with Gasteiger partial charge in [0.15, 0.2) is 0 Å². The van der Waals surface area contributed by atoms with Gasteiger partial charge in [-0.2, -0.15) is 0 Å². The number of unbranched alkanes of at least 4 members (excludes halogenated alkanes) is 1. The van der Waals surface area contributed by atoms with Crippen LogP contribution in [0.5, 0.6) is 0 Å². The highest BCUT2D eigenvalue weighted by Gasteiger charge is 2.10. The van der Waals surface area contributed by atoms with Crippen molar-refractivity contribution < 1.29 is 0 Å². The molecule has 3 aromatic rings. The molecule has 3 rings (SSSR count). The van der Waals surface area contributed by atoms with Gasteiger partial charge in [-0.05, 0) is 30.7 Å². The van der Waals surface area contributed by atoms with Gasteiger partial charge in [0.2, 0.25) is 5.95 Å². The van der Waals surface area contributed by atoms with Crippen LogP contribution in [0.25, 0.3) is 10.9 Å². The first-order valence-electron chi connectivity index (χ1n) is 7.61. The first kappa shape index (κ1) is 14.3. The van der Waals surface area contributed by atoms with Crippen molar-refractivity contribution in [3.05, 3.63) is 65.0 Å². The lowest BCUT2D eigenvalue weighted by atomic mass is 10.2. The van der Waals surface area contributed by atoms with Gasteiger partial charge in [-0.15, -0.1) is 0 Å². The molecule has 0 unspecified atom stereocenters. The van der Waals surface area contributed by atoms with Gasteiger partial charge in [0.05, 0.1) is 10.9 Å². The Morgan fingerprint density at radius 2 is 1.77 bits per heavy atom. The van der Waals surface area contributed by atoms with Crippen LogP contribution in [0.1, 0.15) is 19.8 Å². The molecule has 1 heterocycles. The fourth-order valence-corrected chi connectivity index (χ4v) is 2.44. The Bertz CT molecular complexity index is 825. The van der Waals surface area contributed by atoms with E-state index in [0.717, 1.165) is 24.0 Å². The Morgan fingerprint density at radius 3 is 2.55 bits per heavy atom. The van der Waals surface area contributed by atoms with Crippen molar-refractivity contribution in [3.8, 4) is 0 Å². The molecule has 4 nitrogen and oxygen atoms in total. The lowest BCUT2D eigenvalue weighted by molar-refractivity contribution is 0.616. The van der Waals surface area contributed by atoms with Gasteiger partial charge in [-0.3, -0.25) is 9.36 Å². The molecule has 4 heteroatoms. The molecule has 0 saturated heterocycles. The number of rotatable bonds is 5. The minimum absolute atomic E-state index is 0.0116. The molecule has 0 fully saturated rings. The first-order chi connectivity index (χ1) is 10.8. The third kappa shape index (κ3) is 2.86. The van der Waals surface area contributed by atoms with E-state index in [9.17, 15) is 4.79 Å². The summed E-state index contributed by atoms with van der Waals surface area (Å²) in [6, 6.07) is 17.3. The van der Waals surface area contributed by atoms with Crippen LogP contribution in [-0.4, -0.2) is 9.55 Å². The average Bonchev–Trinajstić information content (AvgIpc) is 2.56. The smallest absolute Gasteiger partial charge is 0.262 e. The third-order valence-corrected chi connectivity index (χ3v) is 3.63. The van der Waals surface area contributed by atoms with Crippen LogP contribution in [0.4, 0.5) is 11.6 Å². The summed E-state index contributed by atoms with van der Waals surface area (Å²) in [5.74, 6) is 0.600. The lowest BCUT2D eigenvalue weighted by Gasteiger charge is -2.14. The van der Waals surface area contributed by atoms with Gasteiger partial charge in [0.1, 0.15) is 0 Å². The number of anilines is 2. The fraction of sp³-hybridized carbons (Fsp3) is 0.222. The van der Waals surface area contributed by atoms with E-state index in [1.807, 2.05) is 54.6 Å². The fourth-order valence-electron chi connectivity index (χ4n) is 2.44. The Morgan fingerprint density at radius 1 is 1.05 bits per heavy atom. The van der Waals surface area contributed by atoms with Crippen molar-refractivity contribution in [1.29, 1.82) is 0 Å². The molecule has 0 amide bonds. The van der Waals surface area contributed by atoms with E-state index in [1.54, 1.807) is 4.57 Å². The molecule has 0 aliphatic carbocycles. The number of hydrogen-bond acceptors (Lipinski definition) is 3. The van der Waals surface area contributed by atoms with Crippen molar-refractivity contribution in [2.24, 2.45) is 0 Å². The zero-order valence-corrected chi connectivity index (χ0v) is 12.6. The maximum Gasteiger partial charge on any atom is 0.262 e. The number of para-hydroxylation sites is 2. The summed E-state index contributed by atoms with van der Waals surface area (Å²) in [5, 5.41) is 3.93. The molecule has 0 atom stereocenters. The topological polar surface area (TPSA) is 46.9 Å². The third-order valence-electron chi connectivity index (χ3n) is 3.63. The second-order valence-corrected chi connectivity index (χ2v) is 5.25. The van der Waals surface area contributed by atoms with E-state index in [2.05, 4.69) is 17.2 Å². The van der Waals surface area contributed by atoms with E-state index in [4.69, 9.17) is 0 Å². The summed E-state index contributed by atoms with van der Waals surface area (Å²) in [6.07, 6.45) is 1.98. The highest BCUT2D eigenvalue weighted by molar-refractivity contribution is 5.79. The van der Waals surface area contributed by atoms with Crippen molar-refractivity contribution >= 4 is 22.5 Å². The van der Waals surface area contributed by atoms with Crippen molar-refractivity contribution in [2.45, 2.75) is 26.3 Å². The second-order valence-electron chi connectivity index (χ2n) is 5.25. The van der Waals surface area contributed by atoms with E-state index < -0.39 is 0 Å². The summed E-state index contributed by atoms with van der Waals surface area (Å²) in [5.41, 5.74) is 1.66. The number of nitrogens with zero attached hydrogens (tertiary/aromatic N) is 2. The molecule has 0 aliphatic rings. The number of aromatic nitrogens is 2. The van der Waals surface area contributed by atoms with E-state index >= 15 is 0 Å². The maximum absolute atomic E-state index is 12.7. The molecular formula is C18H19N3O. The number of nitrogens with one attached hydrogen (secondary N) is 1. The predicted molar refractivity (Wildman–Crippen MR) is 90.6 cm³/mol. The number of hydrogen-bond donors (Lipinski definition) is 1. The van der Waals surface area contributed by atoms with Crippen molar-refractivity contribution in [2.75, 3.05) is 5.32 Å². The quantitative estimate of drug-likeness (QED) is 0.775. The Kier molecular flexibility index (Phi) is 4.19. The minimum atomic E-state index is 0.0116. The summed E-state index contributed by atoms with van der Waals surface area (Å²) < 4.78 is 1.73. The highest BCUT2D eigenvalue weighted by atomic mass is 16.1. The van der Waals surface area contributed by atoms with E-state index in [-0.39, 0.29) is 5.56 Å². The minimum Gasteiger partial charge on any atom is -0.326 e. The molecule has 0 bridgehead atoms. The summed E-state index contributed by atoms with van der Waals surface area (Å²) in [4.78, 5) is 17.4. The second kappa shape index (κ2) is 6.43. The predicted octanol–water partition coefficient (Wildman–Crippen LogP) is 3.94. The van der Waals surface area contributed by atoms with Gasteiger partial charge in [-0.1, -0.05) is 43.7 Å². The van der Waals surface area contributed by atoms with Crippen LogP contribution >= 0.6 is 0 Å². The van der Waals surface area contributed by atoms with Crippen molar-refractivity contribution in [1.82, 2.24) is 9.55 Å². The molecule has 1 aromatic heterocycles. The van der Waals surface area contributed by atoms with Crippen LogP contribution in [0.3, 0.4) is 0 Å². The average molecular weight is 293 g/mol. The van der Waals surface area contributed by atoms with Gasteiger partial charge in [0.25, 0.3) is 5.56 Å². The molecule has 0 saturated carbocycles. The molecule has 0 spiro atoms. The van der Waals surface area contributed by atoms with E-state index in [1.165, 1.54) is 0 Å². The molecule has 2 aromatic carbocycles. The first-order valence-corrected chi connectivity index (χ1v) is 7.61. The van der Waals surface area contributed by atoms with Crippen LogP contribution < -0.4 is 10.9 Å². The SMILES string of the molecule is CCCCn1c(Nc2ccccc2)nc2ccccc2c1=O. The molecular weight excluding hydrogens is 274 g/mol. The molecule has 112 valence electrons. The van der Waals surface area contributed by atoms with Gasteiger partial charge in [-0.25, -0.2) is 4.98 Å². The standard InChI is InChI=1S/C18H19N3O/c1-2-3-13-21-17(22)15-11-7-8-12-16(15)20-18(21)19-14-9-5-4-6-10-14/h4-12H,2-3,13H2,1H3,(H,19,20). The lowest BCUT2D eigenvalue weighted by Crippen LogP contribution is -2.24. The van der Waals surface area contributed by atoms with Crippen molar-refractivity contribution in [3.63, 3.8) is 0 Å². The van der Waals surface area contributed by atoms with Crippen LogP contribution in [0.2, 0.25) is 0 Å². The molecule has 1 N–H and O–H groups in total. The van der Waals surface area contributed by atoms with E-state index in [0.29, 0.717) is 17.9 Å². The summed E-state index contributed by atoms with van der Waals surface area (Å²) in [7, 11) is 0. The van der Waals surface area contributed by atoms with Crippen LogP contribution in [0.15, 0.2) is 59.4 Å². The Balaban J connectivity index is 2.11. The van der Waals surface area contributed by atoms with Crippen LogP contribution in [-0.2, 0) is 6.54 Å². The zero-order chi connectivity index (χ0) is 15.4. The molecule has 0 aliphatic heterocycles. The Hall–Kier alpha value is -2.62. The summed E-state index contributed by atoms with van der Waals surface area (Å²) >= 11 is 0. The monoisotopic (exact) mass is 293 g/mol. The maximum atomic E-state index is 12.7. The normalized spacial score (nSPS) is 10.8. The summed E-state index contributed by atoms with van der Waals surface area (Å²) in [6.45, 7) is 2.78. The largest absolute Gasteiger partial charge is 0.326 e. The van der Waals surface area contributed by atoms with Gasteiger partial charge >= 0.3 is 0 Å². The molecule has 22 heavy (non-hydrogen) atoms. The van der Waals surface area contributed by atoms with Gasteiger partial charge < -0.3 is 5.32 Å². The number of benzene rings is 2. The van der Waals surface area contributed by atoms with Crippen LogP contribution in [0, 0.1) is 0 Å². The zero-order valence-electron chi connectivity index (χ0n) is 12.6. The highest BCUT2D eigenvalue weighted by Crippen LogP contribution is 2.16. The molecule has 0 radical (unpaired) electrons. The van der Waals surface area contributed by atoms with Gasteiger partial charge in [0, 0.05) is 12.2 Å². The number of fused-ring (bicyclic) bond motifs is 1.